The van der Waals surface area contributed by atoms with Gasteiger partial charge in [-0.2, -0.15) is 5.26 Å². The number of ether oxygens (including phenoxy) is 1. The zero-order valence-electron chi connectivity index (χ0n) is 11.8. The molecule has 1 atom stereocenters. The third-order valence-electron chi connectivity index (χ3n) is 3.34. The van der Waals surface area contributed by atoms with Crippen LogP contribution in [0.3, 0.4) is 0 Å². The summed E-state index contributed by atoms with van der Waals surface area (Å²) < 4.78 is 5.74. The molecule has 19 heavy (non-hydrogen) atoms. The van der Waals surface area contributed by atoms with Crippen molar-refractivity contribution in [1.29, 1.82) is 5.26 Å². The number of nitriles is 1. The van der Waals surface area contributed by atoms with Crippen LogP contribution in [0.2, 0.25) is 0 Å². The molecule has 0 aliphatic heterocycles. The Balaban J connectivity index is 1.87. The fourth-order valence-electron chi connectivity index (χ4n) is 2.05. The lowest BCUT2D eigenvalue weighted by atomic mass is 10.1. The zero-order valence-corrected chi connectivity index (χ0v) is 11.8. The summed E-state index contributed by atoms with van der Waals surface area (Å²) in [5, 5.41) is 12.6. The van der Waals surface area contributed by atoms with Gasteiger partial charge in [0.1, 0.15) is 17.9 Å². The smallest absolute Gasteiger partial charge is 0.138 e. The van der Waals surface area contributed by atoms with E-state index in [1.807, 2.05) is 19.1 Å². The number of nitrogens with one attached hydrogen (secondary N) is 1. The third-order valence-corrected chi connectivity index (χ3v) is 3.34. The lowest BCUT2D eigenvalue weighted by Crippen LogP contribution is -2.47. The lowest BCUT2D eigenvalue weighted by molar-refractivity contribution is 0.232. The molecule has 0 amide bonds. The number of hydrogen-bond acceptors (Lipinski definition) is 3. The summed E-state index contributed by atoms with van der Waals surface area (Å²) in [6.07, 6.45) is 4.59. The molecule has 0 aromatic heterocycles. The maximum absolute atomic E-state index is 9.26. The summed E-state index contributed by atoms with van der Waals surface area (Å²) in [6.45, 7) is 4.45. The molecule has 3 nitrogen and oxygen atoms in total. The fourth-order valence-corrected chi connectivity index (χ4v) is 2.05. The minimum absolute atomic E-state index is 0.382. The lowest BCUT2D eigenvalue weighted by Gasteiger charge is -2.23. The van der Waals surface area contributed by atoms with Gasteiger partial charge in [-0.1, -0.05) is 25.5 Å². The number of nitrogens with zero attached hydrogens (tertiary/aromatic N) is 1. The van der Waals surface area contributed by atoms with Crippen LogP contribution in [0.25, 0.3) is 0 Å². The Kier molecular flexibility index (Phi) is 4.44. The summed E-state index contributed by atoms with van der Waals surface area (Å²) in [4.78, 5) is 0. The van der Waals surface area contributed by atoms with Crippen LogP contribution in [0.4, 0.5) is 0 Å². The maximum atomic E-state index is 9.26. The molecular formula is C16H22N2O. The summed E-state index contributed by atoms with van der Waals surface area (Å²) >= 11 is 0. The molecule has 1 aliphatic rings. The molecule has 3 heteroatoms. The van der Waals surface area contributed by atoms with Crippen molar-refractivity contribution >= 4 is 0 Å². The van der Waals surface area contributed by atoms with Crippen LogP contribution in [-0.2, 0) is 6.42 Å². The van der Waals surface area contributed by atoms with E-state index in [9.17, 15) is 5.26 Å². The molecule has 1 N–H and O–H groups in total. The Morgan fingerprint density at radius 3 is 2.58 bits per heavy atom. The van der Waals surface area contributed by atoms with E-state index in [-0.39, 0.29) is 0 Å². The maximum Gasteiger partial charge on any atom is 0.138 e. The van der Waals surface area contributed by atoms with Crippen molar-refractivity contribution in [2.45, 2.75) is 51.1 Å². The molecule has 1 aromatic carbocycles. The number of hydrogen-bond donors (Lipinski definition) is 1. The van der Waals surface area contributed by atoms with Crippen molar-refractivity contribution in [3.63, 3.8) is 0 Å². The predicted octanol–water partition coefficient (Wildman–Crippen LogP) is 3.05. The van der Waals surface area contributed by atoms with Crippen molar-refractivity contribution in [3.05, 3.63) is 29.8 Å². The quantitative estimate of drug-likeness (QED) is 0.817. The van der Waals surface area contributed by atoms with Gasteiger partial charge in [0.2, 0.25) is 0 Å². The molecule has 1 saturated carbocycles. The van der Waals surface area contributed by atoms with E-state index < -0.39 is 5.54 Å². The highest BCUT2D eigenvalue weighted by Gasteiger charge is 2.33. The van der Waals surface area contributed by atoms with Gasteiger partial charge in [-0.25, -0.2) is 0 Å². The highest BCUT2D eigenvalue weighted by atomic mass is 16.5. The van der Waals surface area contributed by atoms with Gasteiger partial charge >= 0.3 is 0 Å². The first kappa shape index (κ1) is 13.9. The van der Waals surface area contributed by atoms with Crippen molar-refractivity contribution in [2.75, 3.05) is 6.61 Å². The summed E-state index contributed by atoms with van der Waals surface area (Å²) in [5.41, 5.74) is 0.734. The first-order chi connectivity index (χ1) is 9.15. The molecule has 0 bridgehead atoms. The fraction of sp³-hybridized carbons (Fsp3) is 0.562. The Bertz CT molecular complexity index is 445. The summed E-state index contributed by atoms with van der Waals surface area (Å²) in [6, 6.07) is 11.0. The van der Waals surface area contributed by atoms with E-state index in [0.29, 0.717) is 12.6 Å². The van der Waals surface area contributed by atoms with E-state index >= 15 is 0 Å². The van der Waals surface area contributed by atoms with Gasteiger partial charge in [-0.15, -0.1) is 0 Å². The van der Waals surface area contributed by atoms with E-state index in [2.05, 4.69) is 30.4 Å². The third kappa shape index (κ3) is 4.25. The van der Waals surface area contributed by atoms with E-state index in [1.54, 1.807) is 0 Å². The molecule has 1 aromatic rings. The molecule has 1 aliphatic carbocycles. The molecule has 1 fully saturated rings. The number of aryl methyl sites for hydroxylation is 1. The molecule has 1 unspecified atom stereocenters. The van der Waals surface area contributed by atoms with Crippen LogP contribution in [0.1, 0.15) is 38.7 Å². The van der Waals surface area contributed by atoms with Crippen LogP contribution in [-0.4, -0.2) is 18.2 Å². The number of benzene rings is 1. The predicted molar refractivity (Wildman–Crippen MR) is 76.1 cm³/mol. The Labute approximate surface area is 115 Å². The molecular weight excluding hydrogens is 236 g/mol. The highest BCUT2D eigenvalue weighted by molar-refractivity contribution is 5.27. The van der Waals surface area contributed by atoms with Crippen LogP contribution >= 0.6 is 0 Å². The Morgan fingerprint density at radius 1 is 1.37 bits per heavy atom. The van der Waals surface area contributed by atoms with Crippen molar-refractivity contribution in [3.8, 4) is 11.8 Å². The number of rotatable bonds is 7. The van der Waals surface area contributed by atoms with Gasteiger partial charge in [0.15, 0.2) is 0 Å². The van der Waals surface area contributed by atoms with Gasteiger partial charge in [0.05, 0.1) is 6.07 Å². The van der Waals surface area contributed by atoms with Crippen LogP contribution in [0.5, 0.6) is 5.75 Å². The van der Waals surface area contributed by atoms with Crippen LogP contribution in [0, 0.1) is 11.3 Å². The van der Waals surface area contributed by atoms with Gasteiger partial charge < -0.3 is 4.74 Å². The SMILES string of the molecule is CCCc1ccc(OCC(C)(C#N)NC2CC2)cc1. The van der Waals surface area contributed by atoms with E-state index in [4.69, 9.17) is 4.74 Å². The Hall–Kier alpha value is -1.53. The first-order valence-electron chi connectivity index (χ1n) is 7.06. The molecule has 102 valence electrons. The van der Waals surface area contributed by atoms with Gasteiger partial charge in [-0.3, -0.25) is 5.32 Å². The average molecular weight is 258 g/mol. The molecule has 2 rings (SSSR count). The Morgan fingerprint density at radius 2 is 2.05 bits per heavy atom. The molecule has 0 radical (unpaired) electrons. The van der Waals surface area contributed by atoms with Crippen LogP contribution in [0.15, 0.2) is 24.3 Å². The second-order valence-corrected chi connectivity index (χ2v) is 5.55. The first-order valence-corrected chi connectivity index (χ1v) is 7.06. The molecule has 0 heterocycles. The van der Waals surface area contributed by atoms with E-state index in [0.717, 1.165) is 18.6 Å². The standard InChI is InChI=1S/C16H22N2O/c1-3-4-13-5-9-15(10-6-13)19-12-16(2,11-17)18-14-7-8-14/h5-6,9-10,14,18H,3-4,7-8,12H2,1-2H3. The minimum atomic E-state index is -0.594. The molecule has 0 saturated heterocycles. The van der Waals surface area contributed by atoms with Gasteiger partial charge in [-0.05, 0) is 43.9 Å². The summed E-state index contributed by atoms with van der Waals surface area (Å²) in [7, 11) is 0. The van der Waals surface area contributed by atoms with Crippen molar-refractivity contribution in [2.24, 2.45) is 0 Å². The normalized spacial score (nSPS) is 17.5. The van der Waals surface area contributed by atoms with Gasteiger partial charge in [0, 0.05) is 6.04 Å². The second kappa shape index (κ2) is 6.08. The average Bonchev–Trinajstić information content (AvgIpc) is 3.22. The largest absolute Gasteiger partial charge is 0.491 e. The van der Waals surface area contributed by atoms with Crippen molar-refractivity contribution < 1.29 is 4.74 Å². The zero-order chi connectivity index (χ0) is 13.7. The van der Waals surface area contributed by atoms with Gasteiger partial charge in [0.25, 0.3) is 0 Å². The van der Waals surface area contributed by atoms with Crippen molar-refractivity contribution in [1.82, 2.24) is 5.32 Å². The van der Waals surface area contributed by atoms with Crippen LogP contribution < -0.4 is 10.1 Å². The van der Waals surface area contributed by atoms with E-state index in [1.165, 1.54) is 18.4 Å². The topological polar surface area (TPSA) is 45.0 Å². The second-order valence-electron chi connectivity index (χ2n) is 5.55. The minimum Gasteiger partial charge on any atom is -0.491 e. The summed E-state index contributed by atoms with van der Waals surface area (Å²) in [5.74, 6) is 0.832. The monoisotopic (exact) mass is 258 g/mol. The molecule has 0 spiro atoms. The highest BCUT2D eigenvalue weighted by Crippen LogP contribution is 2.23.